The number of nitrogens with zero attached hydrogens (tertiary/aromatic N) is 5. The molecule has 0 atom stereocenters. The lowest BCUT2D eigenvalue weighted by Gasteiger charge is -2.25. The molecule has 0 saturated carbocycles. The molecule has 1 saturated heterocycles. The highest BCUT2D eigenvalue weighted by molar-refractivity contribution is 7.99. The number of rotatable bonds is 6. The zero-order chi connectivity index (χ0) is 12.8. The Morgan fingerprint density at radius 3 is 2.83 bits per heavy atom. The second-order valence-corrected chi connectivity index (χ2v) is 5.33. The van der Waals surface area contributed by atoms with Gasteiger partial charge in [0.1, 0.15) is 6.54 Å². The van der Waals surface area contributed by atoms with Crippen LogP contribution in [0.4, 0.5) is 0 Å². The van der Waals surface area contributed by atoms with Crippen molar-refractivity contribution in [2.24, 2.45) is 0 Å². The number of hydrogen-bond acceptors (Lipinski definition) is 6. The highest BCUT2D eigenvalue weighted by Crippen LogP contribution is 2.15. The maximum absolute atomic E-state index is 10.6. The second kappa shape index (κ2) is 6.69. The first kappa shape index (κ1) is 13.3. The number of piperidine rings is 1. The van der Waals surface area contributed by atoms with Gasteiger partial charge in [-0.15, -0.1) is 5.10 Å². The minimum Gasteiger partial charge on any atom is -0.480 e. The number of thioether (sulfide) groups is 1. The van der Waals surface area contributed by atoms with Crippen molar-refractivity contribution in [1.82, 2.24) is 25.1 Å². The van der Waals surface area contributed by atoms with Crippen LogP contribution in [0.15, 0.2) is 5.16 Å². The molecule has 1 aliphatic heterocycles. The molecule has 0 amide bonds. The fourth-order valence-electron chi connectivity index (χ4n) is 1.98. The molecular weight excluding hydrogens is 254 g/mol. The molecule has 100 valence electrons. The van der Waals surface area contributed by atoms with E-state index in [4.69, 9.17) is 5.11 Å². The minimum atomic E-state index is -0.930. The molecule has 1 fully saturated rings. The average Bonchev–Trinajstić information content (AvgIpc) is 2.77. The number of carboxylic acids is 1. The monoisotopic (exact) mass is 271 g/mol. The van der Waals surface area contributed by atoms with E-state index in [-0.39, 0.29) is 6.54 Å². The van der Waals surface area contributed by atoms with Crippen LogP contribution in [0, 0.1) is 0 Å². The van der Waals surface area contributed by atoms with Crippen LogP contribution < -0.4 is 0 Å². The van der Waals surface area contributed by atoms with Crippen LogP contribution in [0.1, 0.15) is 19.3 Å². The summed E-state index contributed by atoms with van der Waals surface area (Å²) in [5, 5.41) is 20.3. The molecule has 2 heterocycles. The number of tetrazole rings is 1. The third-order valence-electron chi connectivity index (χ3n) is 2.87. The number of aromatic nitrogens is 4. The molecule has 18 heavy (non-hydrogen) atoms. The van der Waals surface area contributed by atoms with Crippen molar-refractivity contribution in [1.29, 1.82) is 0 Å². The largest absolute Gasteiger partial charge is 0.480 e. The lowest BCUT2D eigenvalue weighted by atomic mass is 10.1. The number of hydrogen-bond donors (Lipinski definition) is 1. The van der Waals surface area contributed by atoms with Gasteiger partial charge in [-0.2, -0.15) is 0 Å². The Labute approximate surface area is 110 Å². The van der Waals surface area contributed by atoms with Gasteiger partial charge in [0, 0.05) is 12.3 Å². The van der Waals surface area contributed by atoms with E-state index in [1.54, 1.807) is 0 Å². The van der Waals surface area contributed by atoms with Crippen molar-refractivity contribution in [2.45, 2.75) is 31.0 Å². The Hall–Kier alpha value is -1.15. The normalized spacial score (nSPS) is 16.9. The topological polar surface area (TPSA) is 84.1 Å². The maximum Gasteiger partial charge on any atom is 0.325 e. The summed E-state index contributed by atoms with van der Waals surface area (Å²) in [5.41, 5.74) is 0. The maximum atomic E-state index is 10.6. The molecule has 1 aromatic rings. The molecule has 8 heteroatoms. The summed E-state index contributed by atoms with van der Waals surface area (Å²) in [7, 11) is 0. The molecule has 2 rings (SSSR count). The van der Waals surface area contributed by atoms with E-state index in [1.165, 1.54) is 48.8 Å². The number of aliphatic carboxylic acids is 1. The average molecular weight is 271 g/mol. The van der Waals surface area contributed by atoms with Crippen LogP contribution in [0.5, 0.6) is 0 Å². The van der Waals surface area contributed by atoms with Gasteiger partial charge < -0.3 is 10.0 Å². The fourth-order valence-corrected chi connectivity index (χ4v) is 2.85. The predicted octanol–water partition coefficient (Wildman–Crippen LogP) is 0.336. The molecule has 0 bridgehead atoms. The fraction of sp³-hybridized carbons (Fsp3) is 0.800. The third kappa shape index (κ3) is 3.95. The first-order valence-corrected chi connectivity index (χ1v) is 7.07. The zero-order valence-electron chi connectivity index (χ0n) is 10.2. The first-order chi connectivity index (χ1) is 8.75. The van der Waals surface area contributed by atoms with E-state index in [9.17, 15) is 4.79 Å². The van der Waals surface area contributed by atoms with Gasteiger partial charge in [-0.1, -0.05) is 18.2 Å². The van der Waals surface area contributed by atoms with Crippen LogP contribution in [0.25, 0.3) is 0 Å². The summed E-state index contributed by atoms with van der Waals surface area (Å²) in [6, 6.07) is 0. The van der Waals surface area contributed by atoms with Gasteiger partial charge in [-0.3, -0.25) is 4.79 Å². The number of carboxylic acid groups (broad SMARTS) is 1. The van der Waals surface area contributed by atoms with E-state index in [1.807, 2.05) is 0 Å². The van der Waals surface area contributed by atoms with Crippen molar-refractivity contribution in [3.63, 3.8) is 0 Å². The van der Waals surface area contributed by atoms with Gasteiger partial charge in [0.25, 0.3) is 0 Å². The van der Waals surface area contributed by atoms with Crippen molar-refractivity contribution < 1.29 is 9.90 Å². The number of carbonyl (C=O) groups is 1. The minimum absolute atomic E-state index is 0.182. The standard InChI is InChI=1S/C10H17N5O2S/c16-9(17)8-15-10(11-12-13-15)18-7-6-14-4-2-1-3-5-14/h1-8H2,(H,16,17). The predicted molar refractivity (Wildman–Crippen MR) is 66.5 cm³/mol. The Morgan fingerprint density at radius 1 is 1.33 bits per heavy atom. The van der Waals surface area contributed by atoms with Crippen LogP contribution in [0.3, 0.4) is 0 Å². The summed E-state index contributed by atoms with van der Waals surface area (Å²) in [6.45, 7) is 3.16. The Balaban J connectivity index is 1.75. The quantitative estimate of drug-likeness (QED) is 0.747. The van der Waals surface area contributed by atoms with Crippen LogP contribution >= 0.6 is 11.8 Å². The molecule has 1 aromatic heterocycles. The first-order valence-electron chi connectivity index (χ1n) is 6.09. The molecule has 0 aromatic carbocycles. The summed E-state index contributed by atoms with van der Waals surface area (Å²) >= 11 is 1.51. The molecule has 0 aliphatic carbocycles. The molecule has 0 radical (unpaired) electrons. The molecular formula is C10H17N5O2S. The van der Waals surface area contributed by atoms with E-state index >= 15 is 0 Å². The Morgan fingerprint density at radius 2 is 2.11 bits per heavy atom. The van der Waals surface area contributed by atoms with E-state index < -0.39 is 5.97 Å². The van der Waals surface area contributed by atoms with Gasteiger partial charge in [-0.05, 0) is 36.4 Å². The van der Waals surface area contributed by atoms with Crippen LogP contribution in [-0.4, -0.2) is 61.6 Å². The lowest BCUT2D eigenvalue weighted by molar-refractivity contribution is -0.138. The molecule has 7 nitrogen and oxygen atoms in total. The van der Waals surface area contributed by atoms with Crippen LogP contribution in [0.2, 0.25) is 0 Å². The molecule has 0 unspecified atom stereocenters. The van der Waals surface area contributed by atoms with Crippen molar-refractivity contribution in [2.75, 3.05) is 25.4 Å². The van der Waals surface area contributed by atoms with E-state index in [0.717, 1.165) is 12.3 Å². The summed E-state index contributed by atoms with van der Waals surface area (Å²) in [4.78, 5) is 13.0. The van der Waals surface area contributed by atoms with Crippen molar-refractivity contribution in [3.8, 4) is 0 Å². The second-order valence-electron chi connectivity index (χ2n) is 4.26. The van der Waals surface area contributed by atoms with Crippen LogP contribution in [-0.2, 0) is 11.3 Å². The summed E-state index contributed by atoms with van der Waals surface area (Å²) in [6.07, 6.45) is 3.89. The van der Waals surface area contributed by atoms with Gasteiger partial charge >= 0.3 is 5.97 Å². The SMILES string of the molecule is O=C(O)Cn1nnnc1SCCN1CCCCC1. The smallest absolute Gasteiger partial charge is 0.325 e. The van der Waals surface area contributed by atoms with Gasteiger partial charge in [0.2, 0.25) is 5.16 Å². The van der Waals surface area contributed by atoms with Crippen molar-refractivity contribution >= 4 is 17.7 Å². The Kier molecular flexibility index (Phi) is 4.94. The highest BCUT2D eigenvalue weighted by atomic mass is 32.2. The Bertz CT molecular complexity index is 391. The van der Waals surface area contributed by atoms with Gasteiger partial charge in [0.05, 0.1) is 0 Å². The third-order valence-corrected chi connectivity index (χ3v) is 3.81. The van der Waals surface area contributed by atoms with Gasteiger partial charge in [-0.25, -0.2) is 4.68 Å². The van der Waals surface area contributed by atoms with E-state index in [2.05, 4.69) is 20.4 Å². The number of likely N-dealkylation sites (tertiary alicyclic amines) is 1. The molecule has 1 N–H and O–H groups in total. The lowest BCUT2D eigenvalue weighted by Crippen LogP contribution is -2.31. The highest BCUT2D eigenvalue weighted by Gasteiger charge is 2.12. The van der Waals surface area contributed by atoms with Gasteiger partial charge in [0.15, 0.2) is 0 Å². The molecule has 0 spiro atoms. The molecule has 1 aliphatic rings. The summed E-state index contributed by atoms with van der Waals surface area (Å²) in [5.74, 6) is -0.0415. The zero-order valence-corrected chi connectivity index (χ0v) is 11.0. The van der Waals surface area contributed by atoms with E-state index in [0.29, 0.717) is 5.16 Å². The summed E-state index contributed by atoms with van der Waals surface area (Å²) < 4.78 is 1.32. The van der Waals surface area contributed by atoms with Crippen molar-refractivity contribution in [3.05, 3.63) is 0 Å².